The molecule has 144 valence electrons. The number of piperazine rings is 1. The van der Waals surface area contributed by atoms with Crippen molar-refractivity contribution in [2.45, 2.75) is 13.1 Å². The standard InChI is InChI=1S/C22H29N3O2/c1-2-4-19(5-3-1)18-25-12-10-24(11-13-25)9-8-23-17-20-6-7-21-22(16-20)27-15-14-26-21/h1-7,16,23H,8-15,17-18H2. The van der Waals surface area contributed by atoms with Crippen molar-refractivity contribution in [1.82, 2.24) is 15.1 Å². The highest BCUT2D eigenvalue weighted by Gasteiger charge is 2.16. The van der Waals surface area contributed by atoms with Crippen LogP contribution in [0.5, 0.6) is 11.5 Å². The molecule has 2 aromatic rings. The molecule has 0 spiro atoms. The third-order valence-electron chi connectivity index (χ3n) is 5.25. The van der Waals surface area contributed by atoms with E-state index in [9.17, 15) is 0 Å². The first-order valence-electron chi connectivity index (χ1n) is 9.95. The van der Waals surface area contributed by atoms with E-state index in [2.05, 4.69) is 57.6 Å². The molecule has 2 aromatic carbocycles. The van der Waals surface area contributed by atoms with Gasteiger partial charge < -0.3 is 14.8 Å². The van der Waals surface area contributed by atoms with Crippen molar-refractivity contribution in [2.24, 2.45) is 0 Å². The Morgan fingerprint density at radius 2 is 1.52 bits per heavy atom. The summed E-state index contributed by atoms with van der Waals surface area (Å²) in [5.74, 6) is 1.73. The van der Waals surface area contributed by atoms with Crippen LogP contribution in [0.25, 0.3) is 0 Å². The van der Waals surface area contributed by atoms with Crippen molar-refractivity contribution in [2.75, 3.05) is 52.5 Å². The number of hydrogen-bond acceptors (Lipinski definition) is 5. The number of nitrogens with zero attached hydrogens (tertiary/aromatic N) is 2. The number of nitrogens with one attached hydrogen (secondary N) is 1. The van der Waals surface area contributed by atoms with Gasteiger partial charge in [0.25, 0.3) is 0 Å². The third kappa shape index (κ3) is 5.22. The van der Waals surface area contributed by atoms with Gasteiger partial charge in [-0.1, -0.05) is 36.4 Å². The maximum atomic E-state index is 5.65. The van der Waals surface area contributed by atoms with E-state index in [1.54, 1.807) is 0 Å². The quantitative estimate of drug-likeness (QED) is 0.761. The molecule has 5 nitrogen and oxygen atoms in total. The smallest absolute Gasteiger partial charge is 0.161 e. The lowest BCUT2D eigenvalue weighted by molar-refractivity contribution is 0.127. The Hall–Kier alpha value is -2.08. The van der Waals surface area contributed by atoms with Crippen LogP contribution in [0.4, 0.5) is 0 Å². The van der Waals surface area contributed by atoms with Crippen molar-refractivity contribution in [3.05, 3.63) is 59.7 Å². The minimum atomic E-state index is 0.639. The van der Waals surface area contributed by atoms with Crippen LogP contribution in [0.1, 0.15) is 11.1 Å². The van der Waals surface area contributed by atoms with Crippen LogP contribution >= 0.6 is 0 Å². The number of ether oxygens (including phenoxy) is 2. The molecule has 1 saturated heterocycles. The molecular formula is C22H29N3O2. The minimum absolute atomic E-state index is 0.639. The largest absolute Gasteiger partial charge is 0.486 e. The summed E-state index contributed by atoms with van der Waals surface area (Å²) in [7, 11) is 0. The van der Waals surface area contributed by atoms with E-state index in [1.165, 1.54) is 11.1 Å². The van der Waals surface area contributed by atoms with Crippen molar-refractivity contribution < 1.29 is 9.47 Å². The van der Waals surface area contributed by atoms with Crippen molar-refractivity contribution in [3.8, 4) is 11.5 Å². The minimum Gasteiger partial charge on any atom is -0.486 e. The van der Waals surface area contributed by atoms with Crippen LogP contribution in [-0.4, -0.2) is 62.3 Å². The zero-order valence-corrected chi connectivity index (χ0v) is 15.9. The topological polar surface area (TPSA) is 37.0 Å². The lowest BCUT2D eigenvalue weighted by Gasteiger charge is -2.34. The Morgan fingerprint density at radius 3 is 2.33 bits per heavy atom. The van der Waals surface area contributed by atoms with Crippen LogP contribution in [-0.2, 0) is 13.1 Å². The Balaban J connectivity index is 1.14. The van der Waals surface area contributed by atoms with E-state index in [-0.39, 0.29) is 0 Å². The van der Waals surface area contributed by atoms with Crippen molar-refractivity contribution in [3.63, 3.8) is 0 Å². The Kier molecular flexibility index (Phi) is 6.25. The zero-order chi connectivity index (χ0) is 18.3. The van der Waals surface area contributed by atoms with Gasteiger partial charge in [-0.05, 0) is 23.3 Å². The summed E-state index contributed by atoms with van der Waals surface area (Å²) in [6.07, 6.45) is 0. The summed E-state index contributed by atoms with van der Waals surface area (Å²) in [5, 5.41) is 3.56. The molecule has 0 amide bonds. The number of benzene rings is 2. The molecule has 5 heteroatoms. The first-order valence-corrected chi connectivity index (χ1v) is 9.95. The first-order chi connectivity index (χ1) is 13.4. The summed E-state index contributed by atoms with van der Waals surface area (Å²) in [5.41, 5.74) is 2.65. The predicted octanol–water partition coefficient (Wildman–Crippen LogP) is 2.37. The average Bonchev–Trinajstić information content (AvgIpc) is 2.73. The van der Waals surface area contributed by atoms with Crippen LogP contribution < -0.4 is 14.8 Å². The average molecular weight is 367 g/mol. The number of hydrogen-bond donors (Lipinski definition) is 1. The van der Waals surface area contributed by atoms with E-state index in [0.29, 0.717) is 13.2 Å². The van der Waals surface area contributed by atoms with Gasteiger partial charge in [0, 0.05) is 52.4 Å². The molecule has 0 unspecified atom stereocenters. The molecule has 0 radical (unpaired) electrons. The van der Waals surface area contributed by atoms with Crippen LogP contribution in [0, 0.1) is 0 Å². The van der Waals surface area contributed by atoms with Gasteiger partial charge in [-0.15, -0.1) is 0 Å². The van der Waals surface area contributed by atoms with Crippen LogP contribution in [0.3, 0.4) is 0 Å². The maximum absolute atomic E-state index is 5.65. The fourth-order valence-electron chi connectivity index (χ4n) is 3.68. The second-order valence-corrected chi connectivity index (χ2v) is 7.26. The van der Waals surface area contributed by atoms with Crippen molar-refractivity contribution >= 4 is 0 Å². The van der Waals surface area contributed by atoms with E-state index in [4.69, 9.17) is 9.47 Å². The summed E-state index contributed by atoms with van der Waals surface area (Å²) in [6, 6.07) is 17.0. The Bertz CT molecular complexity index is 715. The van der Waals surface area contributed by atoms with Gasteiger partial charge in [-0.3, -0.25) is 9.80 Å². The summed E-state index contributed by atoms with van der Waals surface area (Å²) < 4.78 is 11.2. The number of rotatable bonds is 7. The molecule has 27 heavy (non-hydrogen) atoms. The van der Waals surface area contributed by atoms with Crippen molar-refractivity contribution in [1.29, 1.82) is 0 Å². The van der Waals surface area contributed by atoms with E-state index < -0.39 is 0 Å². The molecule has 0 aromatic heterocycles. The molecule has 0 saturated carbocycles. The molecule has 4 rings (SSSR count). The molecule has 1 N–H and O–H groups in total. The monoisotopic (exact) mass is 367 g/mol. The lowest BCUT2D eigenvalue weighted by Crippen LogP contribution is -2.47. The predicted molar refractivity (Wildman–Crippen MR) is 107 cm³/mol. The highest BCUT2D eigenvalue weighted by Crippen LogP contribution is 2.30. The van der Waals surface area contributed by atoms with Crippen LogP contribution in [0.15, 0.2) is 48.5 Å². The van der Waals surface area contributed by atoms with Gasteiger partial charge in [0.05, 0.1) is 0 Å². The highest BCUT2D eigenvalue weighted by molar-refractivity contribution is 5.43. The highest BCUT2D eigenvalue weighted by atomic mass is 16.6. The maximum Gasteiger partial charge on any atom is 0.161 e. The van der Waals surface area contributed by atoms with Gasteiger partial charge in [0.1, 0.15) is 13.2 Å². The molecule has 2 heterocycles. The molecule has 2 aliphatic rings. The van der Waals surface area contributed by atoms with E-state index in [1.807, 2.05) is 6.07 Å². The fourth-order valence-corrected chi connectivity index (χ4v) is 3.68. The molecule has 1 fully saturated rings. The van der Waals surface area contributed by atoms with E-state index in [0.717, 1.165) is 63.9 Å². The molecule has 0 aliphatic carbocycles. The SMILES string of the molecule is c1ccc(CN2CCN(CCNCc3ccc4c(c3)OCCO4)CC2)cc1. The van der Waals surface area contributed by atoms with Gasteiger partial charge in [0.15, 0.2) is 11.5 Å². The van der Waals surface area contributed by atoms with E-state index >= 15 is 0 Å². The first kappa shape index (κ1) is 18.3. The fraction of sp³-hybridized carbons (Fsp3) is 0.455. The van der Waals surface area contributed by atoms with Gasteiger partial charge in [-0.25, -0.2) is 0 Å². The molecule has 0 atom stereocenters. The second-order valence-electron chi connectivity index (χ2n) is 7.26. The second kappa shape index (κ2) is 9.22. The Morgan fingerprint density at radius 1 is 0.778 bits per heavy atom. The normalized spacial score (nSPS) is 17.8. The zero-order valence-electron chi connectivity index (χ0n) is 15.9. The van der Waals surface area contributed by atoms with Gasteiger partial charge in [0.2, 0.25) is 0 Å². The molecule has 2 aliphatic heterocycles. The van der Waals surface area contributed by atoms with Gasteiger partial charge >= 0.3 is 0 Å². The summed E-state index contributed by atoms with van der Waals surface area (Å²) in [6.45, 7) is 9.92. The lowest BCUT2D eigenvalue weighted by atomic mass is 10.2. The third-order valence-corrected chi connectivity index (χ3v) is 5.25. The molecular weight excluding hydrogens is 338 g/mol. The van der Waals surface area contributed by atoms with Gasteiger partial charge in [-0.2, -0.15) is 0 Å². The summed E-state index contributed by atoms with van der Waals surface area (Å²) >= 11 is 0. The number of fused-ring (bicyclic) bond motifs is 1. The van der Waals surface area contributed by atoms with Crippen LogP contribution in [0.2, 0.25) is 0 Å². The molecule has 0 bridgehead atoms. The summed E-state index contributed by atoms with van der Waals surface area (Å²) in [4.78, 5) is 5.10. The Labute approximate surface area is 161 Å².